The lowest BCUT2D eigenvalue weighted by molar-refractivity contribution is -0.121. The molecule has 3 aromatic rings. The Balaban J connectivity index is 1.59. The van der Waals surface area contributed by atoms with Crippen LogP contribution in [0.25, 0.3) is 17.1 Å². The summed E-state index contributed by atoms with van der Waals surface area (Å²) < 4.78 is 13.8. The Bertz CT molecular complexity index is 1070. The fourth-order valence-electron chi connectivity index (χ4n) is 3.86. The molecule has 1 amide bonds. The van der Waals surface area contributed by atoms with Crippen LogP contribution in [0.1, 0.15) is 50.9 Å². The normalized spacial score (nSPS) is 11.2. The van der Waals surface area contributed by atoms with Gasteiger partial charge >= 0.3 is 0 Å². The molecule has 0 saturated carbocycles. The number of carbonyl (C=O) groups is 1. The highest BCUT2D eigenvalue weighted by atomic mass is 16.5. The number of aromatic nitrogens is 2. The van der Waals surface area contributed by atoms with Gasteiger partial charge in [-0.25, -0.2) is 4.98 Å². The largest absolute Gasteiger partial charge is 0.493 e. The Morgan fingerprint density at radius 2 is 2.00 bits per heavy atom. The van der Waals surface area contributed by atoms with E-state index in [4.69, 9.17) is 14.5 Å². The molecule has 3 rings (SSSR count). The van der Waals surface area contributed by atoms with Gasteiger partial charge in [0.25, 0.3) is 0 Å². The zero-order valence-electron chi connectivity index (χ0n) is 20.0. The first kappa shape index (κ1) is 24.4. The standard InChI is InChI=1S/C27H35N3O3/c1-4-10-21-15-16-24(25(20-21)32-3)33-19-9-18-30-23-13-7-6-12-22(23)29-26(30)14-8-17-28-27(31)11-5-2/h4,6-7,10,12-13,15-16,20H,5,8-9,11,14,17-19H2,1-3H3,(H,28,31)/b10-4+. The third-order valence-electron chi connectivity index (χ3n) is 5.44. The fourth-order valence-corrected chi connectivity index (χ4v) is 3.86. The van der Waals surface area contributed by atoms with Gasteiger partial charge in [-0.15, -0.1) is 0 Å². The zero-order valence-corrected chi connectivity index (χ0v) is 20.0. The first-order chi connectivity index (χ1) is 16.2. The molecule has 0 aliphatic heterocycles. The second kappa shape index (κ2) is 12.7. The van der Waals surface area contributed by atoms with E-state index in [1.165, 1.54) is 0 Å². The minimum absolute atomic E-state index is 0.123. The average molecular weight is 450 g/mol. The van der Waals surface area contributed by atoms with Crippen molar-refractivity contribution in [3.05, 3.63) is 59.9 Å². The Morgan fingerprint density at radius 1 is 1.15 bits per heavy atom. The molecule has 0 radical (unpaired) electrons. The van der Waals surface area contributed by atoms with E-state index in [0.717, 1.165) is 66.1 Å². The van der Waals surface area contributed by atoms with Crippen molar-refractivity contribution in [3.63, 3.8) is 0 Å². The van der Waals surface area contributed by atoms with Crippen molar-refractivity contribution in [1.82, 2.24) is 14.9 Å². The van der Waals surface area contributed by atoms with Gasteiger partial charge in [0.05, 0.1) is 24.8 Å². The van der Waals surface area contributed by atoms with Crippen molar-refractivity contribution in [2.45, 2.75) is 52.5 Å². The number of methoxy groups -OCH3 is 1. The molecule has 0 fully saturated rings. The summed E-state index contributed by atoms with van der Waals surface area (Å²) in [7, 11) is 1.66. The highest BCUT2D eigenvalue weighted by molar-refractivity contribution is 5.76. The van der Waals surface area contributed by atoms with Gasteiger partial charge < -0.3 is 19.4 Å². The lowest BCUT2D eigenvalue weighted by atomic mass is 10.2. The highest BCUT2D eigenvalue weighted by Crippen LogP contribution is 2.29. The molecule has 0 aliphatic rings. The van der Waals surface area contributed by atoms with Crippen LogP contribution >= 0.6 is 0 Å². The van der Waals surface area contributed by atoms with Crippen LogP contribution in [0.4, 0.5) is 0 Å². The predicted octanol–water partition coefficient (Wildman–Crippen LogP) is 5.40. The maximum atomic E-state index is 11.7. The SMILES string of the molecule is C/C=C/c1ccc(OCCCn2c(CCCNC(=O)CCC)nc3ccccc32)c(OC)c1. The second-order valence-corrected chi connectivity index (χ2v) is 7.98. The van der Waals surface area contributed by atoms with E-state index in [-0.39, 0.29) is 5.91 Å². The van der Waals surface area contributed by atoms with Gasteiger partial charge in [-0.1, -0.05) is 37.3 Å². The Labute approximate surface area is 196 Å². The average Bonchev–Trinajstić information content (AvgIpc) is 3.18. The van der Waals surface area contributed by atoms with Crippen molar-refractivity contribution < 1.29 is 14.3 Å². The van der Waals surface area contributed by atoms with E-state index in [9.17, 15) is 4.79 Å². The number of para-hydroxylation sites is 2. The number of carbonyl (C=O) groups excluding carboxylic acids is 1. The van der Waals surface area contributed by atoms with Crippen molar-refractivity contribution in [3.8, 4) is 11.5 Å². The van der Waals surface area contributed by atoms with Gasteiger partial charge in [-0.2, -0.15) is 0 Å². The molecule has 2 aromatic carbocycles. The summed E-state index contributed by atoms with van der Waals surface area (Å²) in [5.74, 6) is 2.67. The number of amides is 1. The molecule has 0 saturated heterocycles. The number of allylic oxidation sites excluding steroid dienone is 1. The van der Waals surface area contributed by atoms with Crippen molar-refractivity contribution in [2.24, 2.45) is 0 Å². The fraction of sp³-hybridized carbons (Fsp3) is 0.407. The number of nitrogens with zero attached hydrogens (tertiary/aromatic N) is 2. The molecule has 1 heterocycles. The summed E-state index contributed by atoms with van der Waals surface area (Å²) in [5, 5.41) is 2.99. The summed E-state index contributed by atoms with van der Waals surface area (Å²) >= 11 is 0. The number of fused-ring (bicyclic) bond motifs is 1. The lowest BCUT2D eigenvalue weighted by Crippen LogP contribution is -2.24. The number of rotatable bonds is 13. The molecular weight excluding hydrogens is 414 g/mol. The molecule has 0 bridgehead atoms. The van der Waals surface area contributed by atoms with Gasteiger partial charge in [-0.05, 0) is 56.0 Å². The molecule has 6 nitrogen and oxygen atoms in total. The van der Waals surface area contributed by atoms with E-state index < -0.39 is 0 Å². The zero-order chi connectivity index (χ0) is 23.5. The van der Waals surface area contributed by atoms with Crippen LogP contribution in [0.15, 0.2) is 48.5 Å². The second-order valence-electron chi connectivity index (χ2n) is 7.98. The van der Waals surface area contributed by atoms with Gasteiger partial charge in [-0.3, -0.25) is 4.79 Å². The number of hydrogen-bond donors (Lipinski definition) is 1. The van der Waals surface area contributed by atoms with Crippen LogP contribution in [0, 0.1) is 0 Å². The molecule has 6 heteroatoms. The van der Waals surface area contributed by atoms with Crippen LogP contribution in [0.5, 0.6) is 11.5 Å². The molecule has 0 atom stereocenters. The Kier molecular flexibility index (Phi) is 9.36. The first-order valence-corrected chi connectivity index (χ1v) is 11.8. The van der Waals surface area contributed by atoms with Crippen LogP contribution in [0.2, 0.25) is 0 Å². The number of nitrogens with one attached hydrogen (secondary N) is 1. The number of benzene rings is 2. The molecule has 0 aliphatic carbocycles. The predicted molar refractivity (Wildman–Crippen MR) is 134 cm³/mol. The topological polar surface area (TPSA) is 65.4 Å². The molecule has 176 valence electrons. The number of ether oxygens (including phenoxy) is 2. The van der Waals surface area contributed by atoms with E-state index in [0.29, 0.717) is 19.6 Å². The molecule has 0 unspecified atom stereocenters. The van der Waals surface area contributed by atoms with E-state index in [1.54, 1.807) is 7.11 Å². The molecule has 1 aromatic heterocycles. The van der Waals surface area contributed by atoms with Crippen LogP contribution in [0.3, 0.4) is 0 Å². The van der Waals surface area contributed by atoms with Crippen LogP contribution < -0.4 is 14.8 Å². The van der Waals surface area contributed by atoms with Gasteiger partial charge in [0.15, 0.2) is 11.5 Å². The van der Waals surface area contributed by atoms with Crippen molar-refractivity contribution >= 4 is 23.0 Å². The van der Waals surface area contributed by atoms with Crippen molar-refractivity contribution in [2.75, 3.05) is 20.3 Å². The summed E-state index contributed by atoms with van der Waals surface area (Å²) in [5.41, 5.74) is 3.22. The monoisotopic (exact) mass is 449 g/mol. The van der Waals surface area contributed by atoms with Gasteiger partial charge in [0.1, 0.15) is 5.82 Å². The van der Waals surface area contributed by atoms with Gasteiger partial charge in [0.2, 0.25) is 5.91 Å². The Hall–Kier alpha value is -3.28. The van der Waals surface area contributed by atoms with E-state index in [1.807, 2.05) is 62.4 Å². The number of imidazole rings is 1. The number of aryl methyl sites for hydroxylation is 2. The summed E-state index contributed by atoms with van der Waals surface area (Å²) in [6.07, 6.45) is 8.03. The molecule has 1 N–H and O–H groups in total. The van der Waals surface area contributed by atoms with Gasteiger partial charge in [0, 0.05) is 25.9 Å². The third kappa shape index (κ3) is 6.85. The van der Waals surface area contributed by atoms with E-state index in [2.05, 4.69) is 16.0 Å². The number of hydrogen-bond acceptors (Lipinski definition) is 4. The van der Waals surface area contributed by atoms with Crippen LogP contribution in [-0.4, -0.2) is 35.7 Å². The van der Waals surface area contributed by atoms with E-state index >= 15 is 0 Å². The smallest absolute Gasteiger partial charge is 0.219 e. The molecule has 33 heavy (non-hydrogen) atoms. The maximum Gasteiger partial charge on any atom is 0.219 e. The lowest BCUT2D eigenvalue weighted by Gasteiger charge is -2.13. The quantitative estimate of drug-likeness (QED) is 0.355. The summed E-state index contributed by atoms with van der Waals surface area (Å²) in [4.78, 5) is 16.5. The highest BCUT2D eigenvalue weighted by Gasteiger charge is 2.11. The minimum Gasteiger partial charge on any atom is -0.493 e. The summed E-state index contributed by atoms with van der Waals surface area (Å²) in [6.45, 7) is 6.08. The van der Waals surface area contributed by atoms with Crippen LogP contribution in [-0.2, 0) is 17.8 Å². The van der Waals surface area contributed by atoms with Crippen molar-refractivity contribution in [1.29, 1.82) is 0 Å². The minimum atomic E-state index is 0.123. The third-order valence-corrected chi connectivity index (χ3v) is 5.44. The summed E-state index contributed by atoms with van der Waals surface area (Å²) in [6, 6.07) is 14.2. The molecular formula is C27H35N3O3. The maximum absolute atomic E-state index is 11.7. The Morgan fingerprint density at radius 3 is 2.79 bits per heavy atom. The molecule has 0 spiro atoms. The first-order valence-electron chi connectivity index (χ1n) is 11.8.